The lowest BCUT2D eigenvalue weighted by molar-refractivity contribution is 0.590. The molecular formula is C21H26ClN3. The van der Waals surface area contributed by atoms with Crippen LogP contribution in [0.2, 0.25) is 5.02 Å². The normalized spacial score (nSPS) is 12.6. The van der Waals surface area contributed by atoms with Gasteiger partial charge in [-0.1, -0.05) is 56.6 Å². The molecule has 0 atom stereocenters. The van der Waals surface area contributed by atoms with Gasteiger partial charge in [0.1, 0.15) is 17.2 Å². The van der Waals surface area contributed by atoms with Gasteiger partial charge < -0.3 is 5.32 Å². The zero-order valence-electron chi connectivity index (χ0n) is 15.8. The quantitative estimate of drug-likeness (QED) is 0.596. The van der Waals surface area contributed by atoms with E-state index < -0.39 is 0 Å². The second kappa shape index (κ2) is 6.06. The van der Waals surface area contributed by atoms with Crippen LogP contribution < -0.4 is 5.32 Å². The summed E-state index contributed by atoms with van der Waals surface area (Å²) >= 11 is 6.21. The highest BCUT2D eigenvalue weighted by Crippen LogP contribution is 2.33. The summed E-state index contributed by atoms with van der Waals surface area (Å²) in [6, 6.07) is 12.5. The third-order valence-corrected chi connectivity index (χ3v) is 4.32. The lowest BCUT2D eigenvalue weighted by Gasteiger charge is -2.23. The van der Waals surface area contributed by atoms with Crippen molar-refractivity contribution in [2.45, 2.75) is 52.5 Å². The van der Waals surface area contributed by atoms with Gasteiger partial charge in [0.15, 0.2) is 0 Å². The molecule has 4 heteroatoms. The Kier molecular flexibility index (Phi) is 4.32. The van der Waals surface area contributed by atoms with Crippen LogP contribution in [-0.2, 0) is 5.41 Å². The molecule has 0 saturated heterocycles. The number of anilines is 1. The third-order valence-electron chi connectivity index (χ3n) is 4.10. The maximum atomic E-state index is 6.21. The summed E-state index contributed by atoms with van der Waals surface area (Å²) in [5.41, 5.74) is 4.28. The molecule has 3 nitrogen and oxygen atoms in total. The van der Waals surface area contributed by atoms with Crippen molar-refractivity contribution >= 4 is 23.1 Å². The SMILES string of the molecule is CC(C)(C)Nc1c(-c2ccc(C(C)(C)C)cc2)nc2ccc(Cl)cn12. The summed E-state index contributed by atoms with van der Waals surface area (Å²) in [6.45, 7) is 13.1. The average molecular weight is 356 g/mol. The Bertz CT molecular complexity index is 894. The van der Waals surface area contributed by atoms with E-state index in [1.807, 2.05) is 22.7 Å². The third kappa shape index (κ3) is 3.82. The van der Waals surface area contributed by atoms with Crippen LogP contribution in [-0.4, -0.2) is 14.9 Å². The Morgan fingerprint density at radius 2 is 1.56 bits per heavy atom. The first kappa shape index (κ1) is 17.8. The summed E-state index contributed by atoms with van der Waals surface area (Å²) < 4.78 is 2.03. The van der Waals surface area contributed by atoms with Crippen molar-refractivity contribution in [3.05, 3.63) is 53.2 Å². The van der Waals surface area contributed by atoms with Gasteiger partial charge in [-0.3, -0.25) is 4.40 Å². The topological polar surface area (TPSA) is 29.3 Å². The van der Waals surface area contributed by atoms with Crippen LogP contribution in [0.4, 0.5) is 5.82 Å². The van der Waals surface area contributed by atoms with Gasteiger partial charge in [-0.05, 0) is 43.9 Å². The Labute approximate surface area is 155 Å². The van der Waals surface area contributed by atoms with Crippen LogP contribution in [0.25, 0.3) is 16.9 Å². The highest BCUT2D eigenvalue weighted by molar-refractivity contribution is 6.30. The molecule has 1 aromatic carbocycles. The van der Waals surface area contributed by atoms with Gasteiger partial charge in [-0.15, -0.1) is 0 Å². The van der Waals surface area contributed by atoms with Crippen LogP contribution in [0.5, 0.6) is 0 Å². The minimum absolute atomic E-state index is 0.0849. The van der Waals surface area contributed by atoms with Gasteiger partial charge in [0, 0.05) is 17.3 Å². The van der Waals surface area contributed by atoms with E-state index in [9.17, 15) is 0 Å². The Hall–Kier alpha value is -2.00. The Morgan fingerprint density at radius 1 is 0.920 bits per heavy atom. The summed E-state index contributed by atoms with van der Waals surface area (Å²) in [5.74, 6) is 0.966. The van der Waals surface area contributed by atoms with Crippen molar-refractivity contribution in [2.75, 3.05) is 5.32 Å². The molecule has 0 unspecified atom stereocenters. The molecule has 0 radical (unpaired) electrons. The van der Waals surface area contributed by atoms with Crippen molar-refractivity contribution in [1.82, 2.24) is 9.38 Å². The molecule has 3 rings (SSSR count). The summed E-state index contributed by atoms with van der Waals surface area (Å²) in [7, 11) is 0. The lowest BCUT2D eigenvalue weighted by atomic mass is 9.86. The fourth-order valence-corrected chi connectivity index (χ4v) is 2.98. The first-order chi connectivity index (χ1) is 11.5. The van der Waals surface area contributed by atoms with Gasteiger partial charge >= 0.3 is 0 Å². The highest BCUT2D eigenvalue weighted by atomic mass is 35.5. The standard InChI is InChI=1S/C21H26ClN3/c1-20(2,3)15-9-7-14(8-10-15)18-19(24-21(4,5)6)25-13-16(22)11-12-17(25)23-18/h7-13,24H,1-6H3. The maximum Gasteiger partial charge on any atom is 0.139 e. The molecular weight excluding hydrogens is 330 g/mol. The molecule has 25 heavy (non-hydrogen) atoms. The summed E-state index contributed by atoms with van der Waals surface area (Å²) in [5, 5.41) is 4.28. The number of hydrogen-bond acceptors (Lipinski definition) is 2. The van der Waals surface area contributed by atoms with Crippen LogP contribution in [0.3, 0.4) is 0 Å². The van der Waals surface area contributed by atoms with Crippen LogP contribution in [0.1, 0.15) is 47.1 Å². The van der Waals surface area contributed by atoms with Gasteiger partial charge in [-0.25, -0.2) is 4.98 Å². The molecule has 0 bridgehead atoms. The van der Waals surface area contributed by atoms with Gasteiger partial charge in [0.05, 0.1) is 5.02 Å². The second-order valence-corrected chi connectivity index (χ2v) is 9.02. The summed E-state index contributed by atoms with van der Waals surface area (Å²) in [6.07, 6.45) is 1.91. The monoisotopic (exact) mass is 355 g/mol. The second-order valence-electron chi connectivity index (χ2n) is 8.59. The van der Waals surface area contributed by atoms with Crippen molar-refractivity contribution in [3.63, 3.8) is 0 Å². The number of pyridine rings is 1. The number of fused-ring (bicyclic) bond motifs is 1. The molecule has 2 aromatic heterocycles. The van der Waals surface area contributed by atoms with Crippen LogP contribution in [0.15, 0.2) is 42.6 Å². The fourth-order valence-electron chi connectivity index (χ4n) is 2.82. The number of aromatic nitrogens is 2. The van der Waals surface area contributed by atoms with Gasteiger partial charge in [0.25, 0.3) is 0 Å². The number of nitrogens with one attached hydrogen (secondary N) is 1. The van der Waals surface area contributed by atoms with Crippen molar-refractivity contribution in [1.29, 1.82) is 0 Å². The maximum absolute atomic E-state index is 6.21. The van der Waals surface area contributed by atoms with Gasteiger partial charge in [-0.2, -0.15) is 0 Å². The highest BCUT2D eigenvalue weighted by Gasteiger charge is 2.20. The molecule has 2 heterocycles. The molecule has 0 spiro atoms. The molecule has 0 aliphatic heterocycles. The number of hydrogen-bond donors (Lipinski definition) is 1. The number of benzene rings is 1. The van der Waals surface area contributed by atoms with Crippen molar-refractivity contribution in [2.24, 2.45) is 0 Å². The van der Waals surface area contributed by atoms with Crippen LogP contribution >= 0.6 is 11.6 Å². The number of halogens is 1. The minimum atomic E-state index is -0.0849. The van der Waals surface area contributed by atoms with Crippen molar-refractivity contribution in [3.8, 4) is 11.3 Å². The van der Waals surface area contributed by atoms with E-state index >= 15 is 0 Å². The van der Waals surface area contributed by atoms with Gasteiger partial charge in [0.2, 0.25) is 0 Å². The van der Waals surface area contributed by atoms with E-state index in [1.165, 1.54) is 5.56 Å². The molecule has 1 N–H and O–H groups in total. The van der Waals surface area contributed by atoms with E-state index in [0.717, 1.165) is 22.7 Å². The molecule has 0 fully saturated rings. The predicted octanol–water partition coefficient (Wildman–Crippen LogP) is 6.16. The molecule has 0 saturated carbocycles. The largest absolute Gasteiger partial charge is 0.365 e. The molecule has 0 aliphatic carbocycles. The first-order valence-electron chi connectivity index (χ1n) is 8.61. The number of nitrogens with zero attached hydrogens (tertiary/aromatic N) is 2. The Morgan fingerprint density at radius 3 is 2.12 bits per heavy atom. The molecule has 0 aliphatic rings. The number of rotatable bonds is 2. The van der Waals surface area contributed by atoms with Crippen LogP contribution in [0, 0.1) is 0 Å². The zero-order chi connectivity index (χ0) is 18.4. The summed E-state index contributed by atoms with van der Waals surface area (Å²) in [4.78, 5) is 4.84. The zero-order valence-corrected chi connectivity index (χ0v) is 16.6. The molecule has 132 valence electrons. The van der Waals surface area contributed by atoms with Crippen molar-refractivity contribution < 1.29 is 0 Å². The first-order valence-corrected chi connectivity index (χ1v) is 8.99. The lowest BCUT2D eigenvalue weighted by Crippen LogP contribution is -2.27. The minimum Gasteiger partial charge on any atom is -0.365 e. The average Bonchev–Trinajstić information content (AvgIpc) is 2.83. The van der Waals surface area contributed by atoms with E-state index in [2.05, 4.69) is 71.1 Å². The van der Waals surface area contributed by atoms with E-state index in [-0.39, 0.29) is 11.0 Å². The van der Waals surface area contributed by atoms with E-state index in [0.29, 0.717) is 5.02 Å². The number of imidazole rings is 1. The fraction of sp³-hybridized carbons (Fsp3) is 0.381. The smallest absolute Gasteiger partial charge is 0.139 e. The predicted molar refractivity (Wildman–Crippen MR) is 108 cm³/mol. The van der Waals surface area contributed by atoms with E-state index in [1.54, 1.807) is 0 Å². The molecule has 3 aromatic rings. The Balaban J connectivity index is 2.16. The van der Waals surface area contributed by atoms with E-state index in [4.69, 9.17) is 16.6 Å². The molecule has 0 amide bonds.